The molecule has 6 aliphatic rings. The zero-order chi connectivity index (χ0) is 46.1. The number of esters is 2. The number of carbonyl (C=O) groups is 5. The number of benzene rings is 2. The fourth-order valence-corrected chi connectivity index (χ4v) is 12.6. The molecule has 1 saturated heterocycles. The number of hydrogen-bond acceptors (Lipinski definition) is 12. The van der Waals surface area contributed by atoms with Crippen molar-refractivity contribution in [2.24, 2.45) is 40.2 Å². The summed E-state index contributed by atoms with van der Waals surface area (Å²) in [6.45, 7) is 6.63. The lowest BCUT2D eigenvalue weighted by Crippen LogP contribution is -2.70. The van der Waals surface area contributed by atoms with E-state index < -0.39 is 88.0 Å². The molecule has 5 fully saturated rings. The third-order valence-corrected chi connectivity index (χ3v) is 16.0. The van der Waals surface area contributed by atoms with Crippen LogP contribution in [0.4, 0.5) is 10.1 Å². The summed E-state index contributed by atoms with van der Waals surface area (Å²) in [7, 11) is 0. The molecule has 2 heterocycles. The highest BCUT2D eigenvalue weighted by molar-refractivity contribution is 6.01. The van der Waals surface area contributed by atoms with Crippen LogP contribution in [0, 0.1) is 34.5 Å². The Morgan fingerprint density at radius 1 is 0.938 bits per heavy atom. The van der Waals surface area contributed by atoms with Crippen LogP contribution in [0.2, 0.25) is 0 Å². The maximum absolute atomic E-state index is 17.8. The van der Waals surface area contributed by atoms with Crippen LogP contribution in [0.1, 0.15) is 96.1 Å². The van der Waals surface area contributed by atoms with E-state index in [1.54, 1.807) is 51.4 Å². The largest absolute Gasteiger partial charge is 0.461 e. The number of aromatic nitrogens is 1. The van der Waals surface area contributed by atoms with Gasteiger partial charge < -0.3 is 35.1 Å². The summed E-state index contributed by atoms with van der Waals surface area (Å²) < 4.78 is 42.2. The van der Waals surface area contributed by atoms with Crippen LogP contribution in [0.25, 0.3) is 10.8 Å². The number of rotatable bonds is 11. The number of aliphatic hydroxyl groups is 1. The average molecular weight is 892 g/mol. The number of ether oxygens (including phenoxy) is 4. The number of nitrogens with two attached hydrogens (primary N) is 1. The second kappa shape index (κ2) is 16.6. The number of alkyl halides is 1. The summed E-state index contributed by atoms with van der Waals surface area (Å²) in [6, 6.07) is 14.7. The Morgan fingerprint density at radius 3 is 2.35 bits per heavy atom. The van der Waals surface area contributed by atoms with Gasteiger partial charge in [-0.2, -0.15) is 0 Å². The van der Waals surface area contributed by atoms with Gasteiger partial charge in [0.25, 0.3) is 0 Å². The molecule has 14 heteroatoms. The van der Waals surface area contributed by atoms with Crippen molar-refractivity contribution in [3.8, 4) is 0 Å². The topological polar surface area (TPSA) is 193 Å². The number of halogens is 1. The second-order valence-electron chi connectivity index (χ2n) is 20.0. The van der Waals surface area contributed by atoms with Gasteiger partial charge in [-0.1, -0.05) is 48.9 Å². The Bertz CT molecular complexity index is 2480. The maximum atomic E-state index is 17.8. The third-order valence-electron chi connectivity index (χ3n) is 16.0. The van der Waals surface area contributed by atoms with E-state index in [1.807, 2.05) is 43.3 Å². The summed E-state index contributed by atoms with van der Waals surface area (Å²) in [6.07, 6.45) is 8.38. The van der Waals surface area contributed by atoms with Crippen molar-refractivity contribution >= 4 is 45.9 Å². The number of Topliss-reactive ketones (excluding diaryl/α,β-unsaturated/α-hetero) is 1. The van der Waals surface area contributed by atoms with Crippen molar-refractivity contribution in [3.63, 3.8) is 0 Å². The normalized spacial score (nSPS) is 34.9. The van der Waals surface area contributed by atoms with Gasteiger partial charge in [0.2, 0.25) is 11.7 Å². The van der Waals surface area contributed by atoms with Crippen LogP contribution in [-0.4, -0.2) is 81.9 Å². The van der Waals surface area contributed by atoms with Gasteiger partial charge >= 0.3 is 11.9 Å². The Kier molecular flexibility index (Phi) is 11.5. The fourth-order valence-electron chi connectivity index (χ4n) is 12.6. The zero-order valence-electron chi connectivity index (χ0n) is 37.3. The minimum absolute atomic E-state index is 0.0410. The van der Waals surface area contributed by atoms with Gasteiger partial charge in [0.05, 0.1) is 30.0 Å². The summed E-state index contributed by atoms with van der Waals surface area (Å²) in [4.78, 5) is 70.9. The van der Waals surface area contributed by atoms with E-state index in [0.29, 0.717) is 56.2 Å². The highest BCUT2D eigenvalue weighted by Gasteiger charge is 2.80. The van der Waals surface area contributed by atoms with Gasteiger partial charge in [-0.25, -0.2) is 4.39 Å². The van der Waals surface area contributed by atoms with Crippen molar-refractivity contribution in [3.05, 3.63) is 95.9 Å². The number of aliphatic hydroxyl groups excluding tert-OH is 1. The Labute approximate surface area is 377 Å². The van der Waals surface area contributed by atoms with Gasteiger partial charge in [-0.3, -0.25) is 29.0 Å². The number of anilines is 1. The summed E-state index contributed by atoms with van der Waals surface area (Å²) in [5, 5.41) is 16.8. The standard InChI is InChI=1S/C51H58FN3O10/c1-47(2)64-43-23-40-39-16-14-35-22-37(56)17-19-48(35,3)50(39,52)41(57)24-49(40,4)51(43,65-47)42(58)28-63-46(61)32-11-9-31(10-12-32)45(60)62-27-29-5-7-30(8-6-29)38(25-53)44(59)55-36-15-13-34-26-54-20-18-33(34)21-36/h5-8,13,15,17-22,26,31-32,38-41,43,57H,9-12,14,16,23-25,27-28,53H2,1-4H3,(H,55,59)/t31?,32?,38-,39+,40+,41+,43-,48+,49+,50+,51-/m1/s1. The first-order valence-electron chi connectivity index (χ1n) is 22.9. The number of carbonyl (C=O) groups excluding carboxylic acids is 5. The number of ketones is 2. The number of pyridine rings is 1. The van der Waals surface area contributed by atoms with Crippen molar-refractivity contribution < 1.29 is 52.4 Å². The lowest BCUT2D eigenvalue weighted by Gasteiger charge is -2.62. The van der Waals surface area contributed by atoms with Crippen LogP contribution < -0.4 is 11.1 Å². The van der Waals surface area contributed by atoms with E-state index in [9.17, 15) is 29.1 Å². The van der Waals surface area contributed by atoms with Crippen LogP contribution in [0.15, 0.2) is 84.7 Å². The van der Waals surface area contributed by atoms with Crippen LogP contribution >= 0.6 is 0 Å². The highest BCUT2D eigenvalue weighted by atomic mass is 19.1. The number of fused-ring (bicyclic) bond motifs is 8. The summed E-state index contributed by atoms with van der Waals surface area (Å²) in [5.74, 6) is -5.55. The Morgan fingerprint density at radius 2 is 1.65 bits per heavy atom. The van der Waals surface area contributed by atoms with E-state index in [0.717, 1.165) is 21.9 Å². The maximum Gasteiger partial charge on any atom is 0.309 e. The molecule has 344 valence electrons. The van der Waals surface area contributed by atoms with Gasteiger partial charge in [0.15, 0.2) is 29.4 Å². The highest BCUT2D eigenvalue weighted by Crippen LogP contribution is 2.72. The fraction of sp³-hybridized carbons (Fsp3) is 0.529. The number of nitrogens with one attached hydrogen (secondary N) is 1. The van der Waals surface area contributed by atoms with E-state index in [1.165, 1.54) is 12.2 Å². The number of allylic oxidation sites excluding steroid dienone is 4. The molecule has 4 saturated carbocycles. The van der Waals surface area contributed by atoms with Crippen LogP contribution in [-0.2, 0) is 49.5 Å². The predicted octanol–water partition coefficient (Wildman–Crippen LogP) is 6.75. The van der Waals surface area contributed by atoms with E-state index in [-0.39, 0.29) is 37.2 Å². The quantitative estimate of drug-likeness (QED) is 0.172. The van der Waals surface area contributed by atoms with Crippen molar-refractivity contribution in [2.75, 3.05) is 18.5 Å². The van der Waals surface area contributed by atoms with E-state index in [4.69, 9.17) is 24.7 Å². The predicted molar refractivity (Wildman–Crippen MR) is 236 cm³/mol. The van der Waals surface area contributed by atoms with Crippen LogP contribution in [0.3, 0.4) is 0 Å². The lowest BCUT2D eigenvalue weighted by atomic mass is 9.44. The first kappa shape index (κ1) is 45.0. The van der Waals surface area contributed by atoms with Gasteiger partial charge in [-0.15, -0.1) is 0 Å². The molecular weight excluding hydrogens is 834 g/mol. The molecular formula is C51H58FN3O10. The molecule has 1 aromatic heterocycles. The molecule has 3 aromatic rings. The SMILES string of the molecule is CC1(C)O[C@@H]2C[C@H]3[C@@H]4CCC5=CC(=O)C=C[C@]5(C)[C@@]4(F)[C@@H](O)C[C@]3(C)[C@]2(C(=O)COC(=O)C2CCC(C(=O)OCc3ccc([C@@H](CN)C(=O)Nc4ccc5cnccc5c4)cc3)CC2)O1. The lowest BCUT2D eigenvalue weighted by molar-refractivity contribution is -0.246. The molecule has 65 heavy (non-hydrogen) atoms. The number of nitrogens with zero attached hydrogens (tertiary/aromatic N) is 1. The van der Waals surface area contributed by atoms with Gasteiger partial charge in [-0.05, 0) is 125 Å². The van der Waals surface area contributed by atoms with Crippen molar-refractivity contribution in [1.82, 2.24) is 4.98 Å². The summed E-state index contributed by atoms with van der Waals surface area (Å²) in [5.41, 5.74) is 2.91. The Balaban J connectivity index is 0.778. The molecule has 0 unspecified atom stereocenters. The zero-order valence-corrected chi connectivity index (χ0v) is 37.3. The van der Waals surface area contributed by atoms with Crippen molar-refractivity contribution in [1.29, 1.82) is 0 Å². The molecule has 2 aromatic carbocycles. The minimum atomic E-state index is -2.09. The first-order valence-corrected chi connectivity index (χ1v) is 22.9. The average Bonchev–Trinajstić information content (AvgIpc) is 3.70. The van der Waals surface area contributed by atoms with E-state index in [2.05, 4.69) is 10.3 Å². The molecule has 1 aliphatic heterocycles. The number of amides is 1. The monoisotopic (exact) mass is 891 g/mol. The molecule has 13 nitrogen and oxygen atoms in total. The third kappa shape index (κ3) is 7.44. The molecule has 0 radical (unpaired) electrons. The Hall–Kier alpha value is -5.15. The molecule has 0 spiro atoms. The van der Waals surface area contributed by atoms with E-state index >= 15 is 4.39 Å². The molecule has 0 bridgehead atoms. The molecule has 4 N–H and O–H groups in total. The summed E-state index contributed by atoms with van der Waals surface area (Å²) >= 11 is 0. The molecule has 9 rings (SSSR count). The number of hydrogen-bond donors (Lipinski definition) is 3. The van der Waals surface area contributed by atoms with Gasteiger partial charge in [0, 0.05) is 46.8 Å². The van der Waals surface area contributed by atoms with Gasteiger partial charge in [0.1, 0.15) is 6.61 Å². The second-order valence-corrected chi connectivity index (χ2v) is 20.0. The molecule has 9 atom stereocenters. The molecule has 1 amide bonds. The molecule has 5 aliphatic carbocycles. The van der Waals surface area contributed by atoms with Crippen molar-refractivity contribution in [2.45, 2.75) is 121 Å². The first-order chi connectivity index (χ1) is 30.9. The minimum Gasteiger partial charge on any atom is -0.461 e. The van der Waals surface area contributed by atoms with Crippen LogP contribution in [0.5, 0.6) is 0 Å². The smallest absolute Gasteiger partial charge is 0.309 e.